The van der Waals surface area contributed by atoms with Crippen LogP contribution in [0.15, 0.2) is 54.6 Å². The van der Waals surface area contributed by atoms with Gasteiger partial charge in [0.05, 0.1) is 23.9 Å². The van der Waals surface area contributed by atoms with E-state index < -0.39 is 40.5 Å². The van der Waals surface area contributed by atoms with Crippen molar-refractivity contribution < 1.29 is 23.5 Å². The van der Waals surface area contributed by atoms with Gasteiger partial charge in [-0.2, -0.15) is 0 Å². The molecule has 2 spiro atoms. The lowest BCUT2D eigenvalue weighted by atomic mass is 9.55. The van der Waals surface area contributed by atoms with E-state index >= 15 is 4.39 Å². The predicted molar refractivity (Wildman–Crippen MR) is 159 cm³/mol. The molecule has 3 aromatic rings. The largest absolute Gasteiger partial charge is 0.495 e. The number of hydrogen-bond donors (Lipinski definition) is 4. The van der Waals surface area contributed by atoms with E-state index in [1.54, 1.807) is 30.3 Å². The van der Waals surface area contributed by atoms with Crippen molar-refractivity contribution >= 4 is 52.3 Å². The van der Waals surface area contributed by atoms with Crippen LogP contribution in [0.5, 0.6) is 5.75 Å². The van der Waals surface area contributed by atoms with E-state index in [1.165, 1.54) is 31.4 Å². The molecule has 42 heavy (non-hydrogen) atoms. The molecule has 2 aliphatic heterocycles. The van der Waals surface area contributed by atoms with Gasteiger partial charge in [0.25, 0.3) is 0 Å². The van der Waals surface area contributed by atoms with Crippen LogP contribution in [-0.4, -0.2) is 36.4 Å². The first-order chi connectivity index (χ1) is 20.1. The second kappa shape index (κ2) is 10.6. The topological polar surface area (TPSA) is 123 Å². The SMILES string of the molecule is COc1cc(C(N)=O)ccc1NC(=O)[C@@H]1NC2(CCCCC2)[C@@]2(C(=O)Nc3cc(Cl)ccc32)[C@H]1c1cccc(Cl)c1F. The van der Waals surface area contributed by atoms with Crippen molar-refractivity contribution in [3.05, 3.63) is 87.2 Å². The van der Waals surface area contributed by atoms with E-state index in [0.29, 0.717) is 34.8 Å². The van der Waals surface area contributed by atoms with Crippen LogP contribution < -0.4 is 26.4 Å². The Morgan fingerprint density at radius 1 is 1.07 bits per heavy atom. The first-order valence-electron chi connectivity index (χ1n) is 13.7. The Kier molecular flexibility index (Phi) is 7.15. The van der Waals surface area contributed by atoms with Crippen molar-refractivity contribution in [1.29, 1.82) is 0 Å². The van der Waals surface area contributed by atoms with Crippen LogP contribution in [0.1, 0.15) is 59.5 Å². The van der Waals surface area contributed by atoms with Crippen LogP contribution in [-0.2, 0) is 15.0 Å². The fourth-order valence-electron chi connectivity index (χ4n) is 7.38. The van der Waals surface area contributed by atoms with Crippen molar-refractivity contribution in [2.24, 2.45) is 5.73 Å². The number of nitrogens with one attached hydrogen (secondary N) is 3. The van der Waals surface area contributed by atoms with Crippen LogP contribution in [0.25, 0.3) is 0 Å². The van der Waals surface area contributed by atoms with Crippen molar-refractivity contribution in [3.63, 3.8) is 0 Å². The van der Waals surface area contributed by atoms with E-state index in [1.807, 2.05) is 0 Å². The lowest BCUT2D eigenvalue weighted by molar-refractivity contribution is -0.124. The number of benzene rings is 3. The number of nitrogens with two attached hydrogens (primary N) is 1. The molecule has 1 aliphatic carbocycles. The van der Waals surface area contributed by atoms with Gasteiger partial charge in [0.2, 0.25) is 17.7 Å². The number of rotatable bonds is 5. The summed E-state index contributed by atoms with van der Waals surface area (Å²) in [5.41, 5.74) is 5.07. The van der Waals surface area contributed by atoms with Crippen LogP contribution >= 0.6 is 23.2 Å². The van der Waals surface area contributed by atoms with E-state index in [9.17, 15) is 14.4 Å². The summed E-state index contributed by atoms with van der Waals surface area (Å²) in [5, 5.41) is 9.81. The molecule has 218 valence electrons. The molecule has 2 heterocycles. The average Bonchev–Trinajstić information content (AvgIpc) is 3.42. The molecule has 1 saturated carbocycles. The quantitative estimate of drug-likeness (QED) is 0.303. The summed E-state index contributed by atoms with van der Waals surface area (Å²) in [5.74, 6) is -2.91. The lowest BCUT2D eigenvalue weighted by Crippen LogP contribution is -2.60. The normalized spacial score (nSPS) is 24.0. The lowest BCUT2D eigenvalue weighted by Gasteiger charge is -2.47. The van der Waals surface area contributed by atoms with Gasteiger partial charge in [-0.05, 0) is 60.4 Å². The van der Waals surface area contributed by atoms with Crippen LogP contribution in [0, 0.1) is 5.82 Å². The van der Waals surface area contributed by atoms with E-state index in [0.717, 1.165) is 19.3 Å². The zero-order valence-corrected chi connectivity index (χ0v) is 24.2. The number of amides is 3. The second-order valence-corrected chi connectivity index (χ2v) is 11.9. The highest BCUT2D eigenvalue weighted by Gasteiger charge is 2.72. The highest BCUT2D eigenvalue weighted by molar-refractivity contribution is 6.31. The first-order valence-corrected chi connectivity index (χ1v) is 14.5. The Morgan fingerprint density at radius 2 is 1.83 bits per heavy atom. The van der Waals surface area contributed by atoms with Crippen molar-refractivity contribution in [3.8, 4) is 5.75 Å². The molecule has 3 aliphatic rings. The number of carbonyl (C=O) groups excluding carboxylic acids is 3. The number of halogens is 3. The van der Waals surface area contributed by atoms with Gasteiger partial charge < -0.3 is 21.1 Å². The summed E-state index contributed by atoms with van der Waals surface area (Å²) in [6.07, 6.45) is 3.83. The summed E-state index contributed by atoms with van der Waals surface area (Å²) >= 11 is 12.6. The van der Waals surface area contributed by atoms with Crippen molar-refractivity contribution in [1.82, 2.24) is 5.32 Å². The molecular formula is C31H29Cl2FN4O4. The minimum absolute atomic E-state index is 0.107. The number of primary amides is 1. The Bertz CT molecular complexity index is 1630. The highest BCUT2D eigenvalue weighted by atomic mass is 35.5. The summed E-state index contributed by atoms with van der Waals surface area (Å²) in [7, 11) is 1.41. The monoisotopic (exact) mass is 610 g/mol. The third-order valence-electron chi connectivity index (χ3n) is 9.05. The van der Waals surface area contributed by atoms with Crippen LogP contribution in [0.4, 0.5) is 15.8 Å². The smallest absolute Gasteiger partial charge is 0.248 e. The molecule has 2 fully saturated rings. The maximum atomic E-state index is 16.0. The van der Waals surface area contributed by atoms with Gasteiger partial charge in [-0.3, -0.25) is 19.7 Å². The van der Waals surface area contributed by atoms with Crippen LogP contribution in [0.3, 0.4) is 0 Å². The number of carbonyl (C=O) groups is 3. The molecule has 3 aromatic carbocycles. The summed E-state index contributed by atoms with van der Waals surface area (Å²) < 4.78 is 21.4. The first kappa shape index (κ1) is 28.5. The van der Waals surface area contributed by atoms with Gasteiger partial charge in [0, 0.05) is 27.7 Å². The van der Waals surface area contributed by atoms with Gasteiger partial charge in [-0.15, -0.1) is 0 Å². The Balaban J connectivity index is 1.55. The molecular weight excluding hydrogens is 582 g/mol. The minimum Gasteiger partial charge on any atom is -0.495 e. The standard InChI is InChI=1S/C31H29Cl2FN4O4/c1-42-23-14-16(27(35)39)8-11-21(23)36-28(40)26-24(18-6-5-7-20(33)25(18)34)31(30(38-26)12-3-2-4-13-30)19-10-9-17(32)15-22(19)37-29(31)41/h5-11,14-15,24,26,38H,2-4,12-13H2,1H3,(H2,35,39)(H,36,40)(H,37,41)/t24-,26+,31+/m0/s1. The Labute approximate surface area is 252 Å². The molecule has 0 aromatic heterocycles. The van der Waals surface area contributed by atoms with E-state index in [-0.39, 0.29) is 27.8 Å². The third kappa shape index (κ3) is 4.17. The molecule has 6 rings (SSSR count). The fourth-order valence-corrected chi connectivity index (χ4v) is 7.73. The van der Waals surface area contributed by atoms with Gasteiger partial charge in [-0.25, -0.2) is 4.39 Å². The maximum Gasteiger partial charge on any atom is 0.248 e. The zero-order valence-electron chi connectivity index (χ0n) is 22.7. The fraction of sp³-hybridized carbons (Fsp3) is 0.323. The summed E-state index contributed by atoms with van der Waals surface area (Å²) in [4.78, 5) is 40.4. The molecule has 0 radical (unpaired) electrons. The molecule has 1 saturated heterocycles. The number of ether oxygens (including phenoxy) is 1. The van der Waals surface area contributed by atoms with E-state index in [4.69, 9.17) is 33.7 Å². The molecule has 0 bridgehead atoms. The minimum atomic E-state index is -1.35. The van der Waals surface area contributed by atoms with Gasteiger partial charge >= 0.3 is 0 Å². The molecule has 11 heteroatoms. The Morgan fingerprint density at radius 3 is 2.55 bits per heavy atom. The second-order valence-electron chi connectivity index (χ2n) is 11.1. The predicted octanol–water partition coefficient (Wildman–Crippen LogP) is 5.53. The zero-order chi connectivity index (χ0) is 29.8. The van der Waals surface area contributed by atoms with Gasteiger partial charge in [-0.1, -0.05) is 60.7 Å². The van der Waals surface area contributed by atoms with Crippen molar-refractivity contribution in [2.75, 3.05) is 17.7 Å². The van der Waals surface area contributed by atoms with Crippen LogP contribution in [0.2, 0.25) is 10.0 Å². The molecule has 5 N–H and O–H groups in total. The molecule has 0 unspecified atom stereocenters. The molecule has 3 atom stereocenters. The molecule has 3 amide bonds. The molecule has 8 nitrogen and oxygen atoms in total. The summed E-state index contributed by atoms with van der Waals surface area (Å²) in [6, 6.07) is 13.2. The maximum absolute atomic E-state index is 16.0. The number of fused-ring (bicyclic) bond motifs is 3. The van der Waals surface area contributed by atoms with Gasteiger partial charge in [0.15, 0.2) is 0 Å². The van der Waals surface area contributed by atoms with Gasteiger partial charge in [0.1, 0.15) is 17.0 Å². The highest BCUT2D eigenvalue weighted by Crippen LogP contribution is 2.62. The third-order valence-corrected chi connectivity index (χ3v) is 9.58. The number of hydrogen-bond acceptors (Lipinski definition) is 5. The Hall–Kier alpha value is -3.66. The average molecular weight is 612 g/mol. The number of anilines is 2. The number of methoxy groups -OCH3 is 1. The van der Waals surface area contributed by atoms with Crippen molar-refractivity contribution in [2.45, 2.75) is 55.0 Å². The summed E-state index contributed by atoms with van der Waals surface area (Å²) in [6.45, 7) is 0. The van der Waals surface area contributed by atoms with E-state index in [2.05, 4.69) is 16.0 Å².